The van der Waals surface area contributed by atoms with Crippen LogP contribution in [0.2, 0.25) is 0 Å². The van der Waals surface area contributed by atoms with Gasteiger partial charge in [-0.1, -0.05) is 24.3 Å². The van der Waals surface area contributed by atoms with Gasteiger partial charge in [-0.15, -0.1) is 0 Å². The van der Waals surface area contributed by atoms with Gasteiger partial charge in [0, 0.05) is 0 Å². The van der Waals surface area contributed by atoms with E-state index in [4.69, 9.17) is 23.5 Å². The Hall–Kier alpha value is -2.09. The zero-order valence-electron chi connectivity index (χ0n) is 19.7. The maximum atomic E-state index is 11.6. The van der Waals surface area contributed by atoms with E-state index >= 15 is 0 Å². The highest BCUT2D eigenvalue weighted by atomic mass is 16.7. The van der Waals surface area contributed by atoms with E-state index in [-0.39, 0.29) is 36.3 Å². The number of carbonyl (C=O) groups excluding carboxylic acids is 1. The molecule has 7 heteroatoms. The average molecular weight is 440 g/mol. The van der Waals surface area contributed by atoms with E-state index in [0.29, 0.717) is 19.8 Å². The topological polar surface area (TPSA) is 63.2 Å². The summed E-state index contributed by atoms with van der Waals surface area (Å²) in [6, 6.07) is 12.3. The molecule has 0 aromatic heterocycles. The van der Waals surface area contributed by atoms with Gasteiger partial charge in [-0.3, -0.25) is 4.79 Å². The largest absolute Gasteiger partial charge is 0.494 e. The van der Waals surface area contributed by atoms with Gasteiger partial charge in [0.1, 0.15) is 12.4 Å². The molecule has 1 aliphatic heterocycles. The molecule has 4 rings (SSSR count). The molecule has 2 aromatic rings. The van der Waals surface area contributed by atoms with Gasteiger partial charge in [0.2, 0.25) is 0 Å². The van der Waals surface area contributed by atoms with E-state index in [1.165, 1.54) is 0 Å². The summed E-state index contributed by atoms with van der Waals surface area (Å²) in [5.41, 5.74) is 0.303. The average Bonchev–Trinajstić information content (AvgIpc) is 2.93. The van der Waals surface area contributed by atoms with Gasteiger partial charge in [-0.2, -0.15) is 0 Å². The van der Waals surface area contributed by atoms with Crippen molar-refractivity contribution in [2.24, 2.45) is 5.92 Å². The number of benzene rings is 2. The highest BCUT2D eigenvalue weighted by molar-refractivity contribution is 6.62. The summed E-state index contributed by atoms with van der Waals surface area (Å²) < 4.78 is 29.0. The van der Waals surface area contributed by atoms with Crippen LogP contribution in [0.4, 0.5) is 0 Å². The summed E-state index contributed by atoms with van der Waals surface area (Å²) in [5.74, 6) is 0.687. The Bertz CT molecular complexity index is 950. The first-order valence-corrected chi connectivity index (χ1v) is 11.5. The van der Waals surface area contributed by atoms with E-state index in [0.717, 1.165) is 34.8 Å². The number of hydrogen-bond acceptors (Lipinski definition) is 6. The maximum Gasteiger partial charge on any atom is 0.494 e. The number of fused-ring (bicyclic) bond motifs is 1. The molecule has 2 fully saturated rings. The summed E-state index contributed by atoms with van der Waals surface area (Å²) >= 11 is 0. The Morgan fingerprint density at radius 3 is 2.34 bits per heavy atom. The number of rotatable bonds is 8. The van der Waals surface area contributed by atoms with Crippen LogP contribution in [0.5, 0.6) is 5.75 Å². The molecule has 0 bridgehead atoms. The Morgan fingerprint density at radius 1 is 1.00 bits per heavy atom. The SMILES string of the molecule is CCOC(=O)C1CC(OCCOc2ccc3cc(B4OC(C)(C)C(C)(C)O4)ccc3c2)C1. The number of esters is 1. The predicted octanol–water partition coefficient (Wildman–Crippen LogP) is 3.88. The van der Waals surface area contributed by atoms with E-state index in [1.807, 2.05) is 25.1 Å². The maximum absolute atomic E-state index is 11.6. The quantitative estimate of drug-likeness (QED) is 0.353. The molecule has 0 spiro atoms. The van der Waals surface area contributed by atoms with Crippen molar-refractivity contribution in [3.8, 4) is 5.75 Å². The summed E-state index contributed by atoms with van der Waals surface area (Å²) in [4.78, 5) is 11.6. The molecule has 0 unspecified atom stereocenters. The smallest absolute Gasteiger partial charge is 0.491 e. The molecular formula is C25H33BO6. The fourth-order valence-corrected chi connectivity index (χ4v) is 3.99. The van der Waals surface area contributed by atoms with Crippen molar-refractivity contribution >= 4 is 29.3 Å². The fraction of sp³-hybridized carbons (Fsp3) is 0.560. The van der Waals surface area contributed by atoms with E-state index in [2.05, 4.69) is 45.9 Å². The zero-order chi connectivity index (χ0) is 22.9. The second-order valence-electron chi connectivity index (χ2n) is 9.62. The zero-order valence-corrected chi connectivity index (χ0v) is 19.7. The molecule has 0 radical (unpaired) electrons. The molecule has 2 aromatic carbocycles. The van der Waals surface area contributed by atoms with Gasteiger partial charge in [0.25, 0.3) is 0 Å². The lowest BCUT2D eigenvalue weighted by molar-refractivity contribution is -0.157. The lowest BCUT2D eigenvalue weighted by atomic mass is 9.78. The van der Waals surface area contributed by atoms with Crippen molar-refractivity contribution < 1.29 is 28.3 Å². The minimum absolute atomic E-state index is 0.0107. The third-order valence-corrected chi connectivity index (χ3v) is 6.78. The van der Waals surface area contributed by atoms with Gasteiger partial charge >= 0.3 is 13.1 Å². The molecule has 0 amide bonds. The monoisotopic (exact) mass is 440 g/mol. The lowest BCUT2D eigenvalue weighted by Gasteiger charge is -2.33. The van der Waals surface area contributed by atoms with E-state index < -0.39 is 0 Å². The van der Waals surface area contributed by atoms with Gasteiger partial charge < -0.3 is 23.5 Å². The fourth-order valence-electron chi connectivity index (χ4n) is 3.99. The van der Waals surface area contributed by atoms with Crippen LogP contribution >= 0.6 is 0 Å². The van der Waals surface area contributed by atoms with Gasteiger partial charge in [0.15, 0.2) is 0 Å². The molecule has 0 atom stereocenters. The Labute approximate surface area is 190 Å². The van der Waals surface area contributed by atoms with Gasteiger partial charge in [0.05, 0.1) is 36.4 Å². The molecular weight excluding hydrogens is 407 g/mol. The van der Waals surface area contributed by atoms with Crippen molar-refractivity contribution in [3.63, 3.8) is 0 Å². The van der Waals surface area contributed by atoms with Crippen LogP contribution < -0.4 is 10.2 Å². The van der Waals surface area contributed by atoms with Crippen molar-refractivity contribution in [2.45, 2.75) is 64.8 Å². The van der Waals surface area contributed by atoms with Crippen LogP contribution in [0.1, 0.15) is 47.5 Å². The Morgan fingerprint density at radius 2 is 1.66 bits per heavy atom. The molecule has 1 aliphatic carbocycles. The van der Waals surface area contributed by atoms with Crippen molar-refractivity contribution in [1.29, 1.82) is 0 Å². The third kappa shape index (κ3) is 4.80. The minimum Gasteiger partial charge on any atom is -0.491 e. The van der Waals surface area contributed by atoms with Crippen LogP contribution in [0.15, 0.2) is 36.4 Å². The number of hydrogen-bond donors (Lipinski definition) is 0. The van der Waals surface area contributed by atoms with Gasteiger partial charge in [-0.05, 0) is 75.8 Å². The molecule has 0 N–H and O–H groups in total. The van der Waals surface area contributed by atoms with Crippen LogP contribution in [-0.2, 0) is 23.6 Å². The molecule has 172 valence electrons. The summed E-state index contributed by atoms with van der Waals surface area (Å²) in [7, 11) is -0.368. The minimum atomic E-state index is -0.368. The normalized spacial score (nSPS) is 23.7. The molecule has 32 heavy (non-hydrogen) atoms. The second-order valence-corrected chi connectivity index (χ2v) is 9.62. The Balaban J connectivity index is 1.27. The van der Waals surface area contributed by atoms with Crippen LogP contribution in [0.3, 0.4) is 0 Å². The number of carbonyl (C=O) groups is 1. The second kappa shape index (κ2) is 9.04. The predicted molar refractivity (Wildman–Crippen MR) is 124 cm³/mol. The number of ether oxygens (including phenoxy) is 3. The summed E-state index contributed by atoms with van der Waals surface area (Å²) in [6.07, 6.45) is 1.60. The lowest BCUT2D eigenvalue weighted by Crippen LogP contribution is -2.41. The van der Waals surface area contributed by atoms with Crippen molar-refractivity contribution in [1.82, 2.24) is 0 Å². The van der Waals surface area contributed by atoms with Crippen molar-refractivity contribution in [3.05, 3.63) is 36.4 Å². The van der Waals surface area contributed by atoms with Crippen LogP contribution in [0, 0.1) is 5.92 Å². The molecule has 2 aliphatic rings. The molecule has 1 heterocycles. The first-order chi connectivity index (χ1) is 15.2. The van der Waals surface area contributed by atoms with Crippen LogP contribution in [0.25, 0.3) is 10.8 Å². The standard InChI is InChI=1S/C25H33BO6/c1-6-28-23(27)19-15-22(16-19)30-12-11-29-21-10-8-17-13-20(9-7-18(17)14-21)26-31-24(2,3)25(4,5)32-26/h7-10,13-14,19,22H,6,11-12,15-16H2,1-5H3. The van der Waals surface area contributed by atoms with Crippen LogP contribution in [-0.4, -0.2) is 50.2 Å². The van der Waals surface area contributed by atoms with E-state index in [9.17, 15) is 4.79 Å². The Kier molecular flexibility index (Phi) is 6.52. The van der Waals surface area contributed by atoms with Crippen molar-refractivity contribution in [2.75, 3.05) is 19.8 Å². The molecule has 1 saturated heterocycles. The first kappa shape index (κ1) is 23.1. The first-order valence-electron chi connectivity index (χ1n) is 11.5. The molecule has 6 nitrogen and oxygen atoms in total. The summed E-state index contributed by atoms with van der Waals surface area (Å²) in [5, 5.41) is 2.21. The third-order valence-electron chi connectivity index (χ3n) is 6.78. The highest BCUT2D eigenvalue weighted by Crippen LogP contribution is 2.36. The van der Waals surface area contributed by atoms with Gasteiger partial charge in [-0.25, -0.2) is 0 Å². The van der Waals surface area contributed by atoms with E-state index in [1.54, 1.807) is 0 Å². The highest BCUT2D eigenvalue weighted by Gasteiger charge is 2.51. The summed E-state index contributed by atoms with van der Waals surface area (Å²) in [6.45, 7) is 11.5. The molecule has 1 saturated carbocycles.